The van der Waals surface area contributed by atoms with E-state index >= 15 is 0 Å². The first kappa shape index (κ1) is 13.1. The van der Waals surface area contributed by atoms with E-state index in [-0.39, 0.29) is 19.7 Å². The molecule has 0 aromatic carbocycles. The molecule has 0 atom stereocenters. The van der Waals surface area contributed by atoms with Crippen LogP contribution >= 0.6 is 11.5 Å². The number of nitrogens with zero attached hydrogens (tertiary/aromatic N) is 3. The van der Waals surface area contributed by atoms with Gasteiger partial charge in [-0.2, -0.15) is 13.2 Å². The zero-order valence-electron chi connectivity index (χ0n) is 8.24. The van der Waals surface area contributed by atoms with Gasteiger partial charge in [0.15, 0.2) is 0 Å². The van der Waals surface area contributed by atoms with Crippen LogP contribution in [0.5, 0.6) is 0 Å². The van der Waals surface area contributed by atoms with Crippen LogP contribution in [0.2, 0.25) is 0 Å². The number of aliphatic hydroxyl groups is 1. The molecular weight excluding hydrogens is 245 g/mol. The third kappa shape index (κ3) is 4.29. The standard InChI is InChI=1S/C7H11F3N4OS/c8-7(9,10)4-14(1-2-15)3-5-6(11)16-13-12-5/h15H,1-4,11H2. The summed E-state index contributed by atoms with van der Waals surface area (Å²) in [6, 6.07) is 0. The minimum atomic E-state index is -4.31. The van der Waals surface area contributed by atoms with Crippen LogP contribution in [0.15, 0.2) is 0 Å². The Kier molecular flexibility index (Phi) is 4.44. The third-order valence-electron chi connectivity index (χ3n) is 1.78. The Labute approximate surface area is 93.8 Å². The van der Waals surface area contributed by atoms with Gasteiger partial charge in [-0.1, -0.05) is 4.49 Å². The Morgan fingerprint density at radius 1 is 1.44 bits per heavy atom. The molecule has 0 aliphatic heterocycles. The van der Waals surface area contributed by atoms with Crippen LogP contribution < -0.4 is 5.73 Å². The van der Waals surface area contributed by atoms with Crippen LogP contribution in [0.25, 0.3) is 0 Å². The van der Waals surface area contributed by atoms with Gasteiger partial charge < -0.3 is 10.8 Å². The van der Waals surface area contributed by atoms with Crippen molar-refractivity contribution in [2.45, 2.75) is 12.7 Å². The lowest BCUT2D eigenvalue weighted by Gasteiger charge is -2.21. The van der Waals surface area contributed by atoms with Crippen LogP contribution in [-0.4, -0.2) is 45.5 Å². The second-order valence-corrected chi connectivity index (χ2v) is 3.92. The summed E-state index contributed by atoms with van der Waals surface area (Å²) in [6.07, 6.45) is -4.31. The van der Waals surface area contributed by atoms with Crippen LogP contribution in [0.4, 0.5) is 18.2 Å². The summed E-state index contributed by atoms with van der Waals surface area (Å²) in [7, 11) is 0. The molecule has 0 unspecified atom stereocenters. The Balaban J connectivity index is 2.61. The number of anilines is 1. The average molecular weight is 256 g/mol. The molecule has 9 heteroatoms. The second kappa shape index (κ2) is 5.41. The monoisotopic (exact) mass is 256 g/mol. The van der Waals surface area contributed by atoms with Gasteiger partial charge in [-0.25, -0.2) is 0 Å². The summed E-state index contributed by atoms with van der Waals surface area (Å²) in [4.78, 5) is 1.02. The van der Waals surface area contributed by atoms with E-state index in [2.05, 4.69) is 9.59 Å². The van der Waals surface area contributed by atoms with Gasteiger partial charge in [-0.3, -0.25) is 4.90 Å². The summed E-state index contributed by atoms with van der Waals surface area (Å²) >= 11 is 0.929. The first-order valence-electron chi connectivity index (χ1n) is 4.39. The van der Waals surface area contributed by atoms with Crippen LogP contribution in [0.3, 0.4) is 0 Å². The Morgan fingerprint density at radius 2 is 2.12 bits per heavy atom. The van der Waals surface area contributed by atoms with Crippen LogP contribution in [0.1, 0.15) is 5.69 Å². The van der Waals surface area contributed by atoms with Crippen molar-refractivity contribution in [1.29, 1.82) is 0 Å². The summed E-state index contributed by atoms with van der Waals surface area (Å²) < 4.78 is 40.0. The molecule has 5 nitrogen and oxygen atoms in total. The summed E-state index contributed by atoms with van der Waals surface area (Å²) in [5.41, 5.74) is 5.78. The number of hydrogen-bond acceptors (Lipinski definition) is 6. The lowest BCUT2D eigenvalue weighted by Crippen LogP contribution is -2.36. The van der Waals surface area contributed by atoms with Gasteiger partial charge in [0.1, 0.15) is 10.7 Å². The minimum absolute atomic E-state index is 0.0671. The van der Waals surface area contributed by atoms with Crippen molar-refractivity contribution >= 4 is 16.5 Å². The van der Waals surface area contributed by atoms with Gasteiger partial charge in [-0.05, 0) is 0 Å². The molecule has 16 heavy (non-hydrogen) atoms. The summed E-state index contributed by atoms with van der Waals surface area (Å²) in [5.74, 6) is 0. The van der Waals surface area contributed by atoms with E-state index in [0.29, 0.717) is 10.7 Å². The first-order chi connectivity index (χ1) is 7.42. The van der Waals surface area contributed by atoms with Gasteiger partial charge in [0, 0.05) is 24.6 Å². The lowest BCUT2D eigenvalue weighted by molar-refractivity contribution is -0.148. The minimum Gasteiger partial charge on any atom is -0.395 e. The maximum Gasteiger partial charge on any atom is 0.401 e. The topological polar surface area (TPSA) is 75.3 Å². The zero-order valence-corrected chi connectivity index (χ0v) is 9.05. The zero-order chi connectivity index (χ0) is 12.2. The second-order valence-electron chi connectivity index (χ2n) is 3.13. The van der Waals surface area contributed by atoms with E-state index in [9.17, 15) is 13.2 Å². The highest BCUT2D eigenvalue weighted by molar-refractivity contribution is 7.09. The fourth-order valence-electron chi connectivity index (χ4n) is 1.15. The van der Waals surface area contributed by atoms with Gasteiger partial charge in [0.25, 0.3) is 0 Å². The van der Waals surface area contributed by atoms with Gasteiger partial charge >= 0.3 is 6.18 Å². The van der Waals surface area contributed by atoms with E-state index in [1.807, 2.05) is 0 Å². The fraction of sp³-hybridized carbons (Fsp3) is 0.714. The number of nitrogens with two attached hydrogens (primary N) is 1. The molecule has 1 aromatic heterocycles. The van der Waals surface area contributed by atoms with Gasteiger partial charge in [-0.15, -0.1) is 5.10 Å². The van der Waals surface area contributed by atoms with E-state index in [4.69, 9.17) is 10.8 Å². The number of nitrogen functional groups attached to an aromatic ring is 1. The predicted octanol–water partition coefficient (Wildman–Crippen LogP) is 0.477. The molecule has 0 aliphatic carbocycles. The van der Waals surface area contributed by atoms with Crippen molar-refractivity contribution in [2.75, 3.05) is 25.4 Å². The quantitative estimate of drug-likeness (QED) is 0.801. The first-order valence-corrected chi connectivity index (χ1v) is 5.16. The fourth-order valence-corrected chi connectivity index (χ4v) is 1.58. The van der Waals surface area contributed by atoms with Crippen LogP contribution in [-0.2, 0) is 6.54 Å². The lowest BCUT2D eigenvalue weighted by atomic mass is 10.3. The molecule has 1 aromatic rings. The third-order valence-corrected chi connectivity index (χ3v) is 2.37. The van der Waals surface area contributed by atoms with Crippen molar-refractivity contribution in [1.82, 2.24) is 14.5 Å². The van der Waals surface area contributed by atoms with Crippen molar-refractivity contribution in [3.63, 3.8) is 0 Å². The van der Waals surface area contributed by atoms with E-state index in [1.54, 1.807) is 0 Å². The molecule has 3 N–H and O–H groups in total. The number of rotatable bonds is 5. The molecule has 1 heterocycles. The number of halogens is 3. The van der Waals surface area contributed by atoms with Crippen molar-refractivity contribution in [3.05, 3.63) is 5.69 Å². The van der Waals surface area contributed by atoms with E-state index in [1.165, 1.54) is 0 Å². The largest absolute Gasteiger partial charge is 0.401 e. The molecule has 0 saturated heterocycles. The van der Waals surface area contributed by atoms with E-state index < -0.39 is 12.7 Å². The number of aliphatic hydroxyl groups excluding tert-OH is 1. The highest BCUT2D eigenvalue weighted by Crippen LogP contribution is 2.20. The summed E-state index contributed by atoms with van der Waals surface area (Å²) in [5, 5.41) is 12.6. The maximum atomic E-state index is 12.2. The Hall–Kier alpha value is -0.930. The van der Waals surface area contributed by atoms with Crippen LogP contribution in [0, 0.1) is 0 Å². The molecule has 92 valence electrons. The maximum absolute atomic E-state index is 12.2. The Bertz CT molecular complexity index is 330. The molecule has 0 fully saturated rings. The molecule has 0 saturated carbocycles. The molecule has 0 bridgehead atoms. The summed E-state index contributed by atoms with van der Waals surface area (Å²) in [6.45, 7) is -1.61. The molecule has 0 amide bonds. The van der Waals surface area contributed by atoms with Gasteiger partial charge in [0.05, 0.1) is 13.2 Å². The smallest absolute Gasteiger partial charge is 0.395 e. The number of aromatic nitrogens is 2. The predicted molar refractivity (Wildman–Crippen MR) is 52.7 cm³/mol. The highest BCUT2D eigenvalue weighted by Gasteiger charge is 2.31. The van der Waals surface area contributed by atoms with Crippen molar-refractivity contribution in [3.8, 4) is 0 Å². The van der Waals surface area contributed by atoms with E-state index in [0.717, 1.165) is 16.4 Å². The normalized spacial score (nSPS) is 12.3. The average Bonchev–Trinajstić information content (AvgIpc) is 2.49. The molecule has 0 radical (unpaired) electrons. The van der Waals surface area contributed by atoms with Crippen molar-refractivity contribution < 1.29 is 18.3 Å². The molecule has 0 spiro atoms. The van der Waals surface area contributed by atoms with Gasteiger partial charge in [0.2, 0.25) is 0 Å². The number of alkyl halides is 3. The molecule has 0 aliphatic rings. The Morgan fingerprint density at radius 3 is 2.56 bits per heavy atom. The SMILES string of the molecule is Nc1snnc1CN(CCO)CC(F)(F)F. The highest BCUT2D eigenvalue weighted by atomic mass is 32.1. The van der Waals surface area contributed by atoms with Crippen molar-refractivity contribution in [2.24, 2.45) is 0 Å². The molecular formula is C7H11F3N4OS. The molecule has 1 rings (SSSR count). The number of hydrogen-bond donors (Lipinski definition) is 2.